The minimum absolute atomic E-state index is 0.0350. The van der Waals surface area contributed by atoms with Crippen LogP contribution in [0.4, 0.5) is 25.1 Å². The number of benzene rings is 2. The van der Waals surface area contributed by atoms with Crippen molar-refractivity contribution in [1.29, 1.82) is 0 Å². The third-order valence-corrected chi connectivity index (χ3v) is 16.1. The Kier molecular flexibility index (Phi) is 17.0. The van der Waals surface area contributed by atoms with Crippen molar-refractivity contribution in [1.82, 2.24) is 55.6 Å². The maximum Gasteiger partial charge on any atom is 0.317 e. The number of ether oxygens (including phenoxy) is 1. The molecule has 0 aliphatic carbocycles. The van der Waals surface area contributed by atoms with Crippen LogP contribution in [0.1, 0.15) is 112 Å². The molecule has 2 fully saturated rings. The lowest BCUT2D eigenvalue weighted by molar-refractivity contribution is -0.144. The summed E-state index contributed by atoms with van der Waals surface area (Å²) in [4.78, 5) is 77.3. The number of aliphatic hydroxyl groups excluding tert-OH is 1. The van der Waals surface area contributed by atoms with Crippen molar-refractivity contribution in [3.63, 3.8) is 0 Å². The van der Waals surface area contributed by atoms with E-state index in [0.29, 0.717) is 68.3 Å². The zero-order chi connectivity index (χ0) is 54.5. The Bertz CT molecular complexity index is 2950. The molecule has 5 N–H and O–H groups in total. The van der Waals surface area contributed by atoms with Crippen LogP contribution < -0.4 is 26.2 Å². The maximum absolute atomic E-state index is 15.1. The lowest BCUT2D eigenvalue weighted by atomic mass is 9.85. The molecule has 3 aromatic heterocycles. The number of hydrogen-bond donors (Lipinski definition) is 5. The number of nitrogens with one attached hydrogen (secondary N) is 4. The van der Waals surface area contributed by atoms with Crippen molar-refractivity contribution in [3.8, 4) is 21.6 Å². The summed E-state index contributed by atoms with van der Waals surface area (Å²) < 4.78 is 39.6. The molecular weight excluding hydrogens is 1010 g/mol. The first-order chi connectivity index (χ1) is 37.0. The summed E-state index contributed by atoms with van der Waals surface area (Å²) in [5.41, 5.74) is 8.27. The van der Waals surface area contributed by atoms with Crippen LogP contribution >= 0.6 is 11.3 Å². The predicted molar refractivity (Wildman–Crippen MR) is 286 cm³/mol. The zero-order valence-corrected chi connectivity index (χ0v) is 45.3. The Hall–Kier alpha value is -6.78. The molecule has 9 rings (SSSR count). The van der Waals surface area contributed by atoms with Gasteiger partial charge in [-0.1, -0.05) is 45.0 Å². The number of likely N-dealkylation sites (tertiary alicyclic amines) is 1. The number of carbonyl (C=O) groups is 5. The Morgan fingerprint density at radius 3 is 2.45 bits per heavy atom. The van der Waals surface area contributed by atoms with E-state index in [1.807, 2.05) is 62.9 Å². The highest BCUT2D eigenvalue weighted by Gasteiger charge is 2.44. The van der Waals surface area contributed by atoms with Gasteiger partial charge in [0.1, 0.15) is 12.1 Å². The summed E-state index contributed by atoms with van der Waals surface area (Å²) in [6.07, 6.45) is 3.55. The number of hydrogen-bond acceptors (Lipinski definition) is 12. The molecule has 4 aliphatic heterocycles. The van der Waals surface area contributed by atoms with Crippen molar-refractivity contribution >= 4 is 52.5 Å². The van der Waals surface area contributed by atoms with Crippen molar-refractivity contribution in [3.05, 3.63) is 87.9 Å². The lowest BCUT2D eigenvalue weighted by Gasteiger charge is -2.35. The number of nitrogens with zero attached hydrogens (tertiary/aromatic N) is 8. The molecule has 77 heavy (non-hydrogen) atoms. The smallest absolute Gasteiger partial charge is 0.317 e. The third kappa shape index (κ3) is 12.5. The summed E-state index contributed by atoms with van der Waals surface area (Å²) in [5.74, 6) is -0.903. The van der Waals surface area contributed by atoms with Crippen LogP contribution in [0.2, 0.25) is 0 Å². The molecular formula is C55H70F2N12O7S. The monoisotopic (exact) mass is 1080 g/mol. The van der Waals surface area contributed by atoms with E-state index >= 15 is 8.78 Å². The van der Waals surface area contributed by atoms with Crippen LogP contribution in [0.5, 0.6) is 0 Å². The van der Waals surface area contributed by atoms with Crippen molar-refractivity contribution in [2.75, 3.05) is 51.3 Å². The van der Waals surface area contributed by atoms with Crippen LogP contribution in [-0.4, -0.2) is 134 Å². The Balaban J connectivity index is 0.771. The second kappa shape index (κ2) is 23.9. The topological polar surface area (TPSA) is 221 Å². The molecule has 0 radical (unpaired) electrons. The van der Waals surface area contributed by atoms with Gasteiger partial charge in [0.05, 0.1) is 47.5 Å². The fraction of sp³-hybridized carbons (Fsp3) is 0.527. The first kappa shape index (κ1) is 55.0. The zero-order valence-electron chi connectivity index (χ0n) is 44.4. The van der Waals surface area contributed by atoms with Gasteiger partial charge in [-0.15, -0.1) is 11.3 Å². The average Bonchev–Trinajstić information content (AvgIpc) is 4.29. The quantitative estimate of drug-likeness (QED) is 0.0691. The molecule has 19 nitrogen and oxygen atoms in total. The van der Waals surface area contributed by atoms with Gasteiger partial charge in [-0.2, -0.15) is 10.2 Å². The van der Waals surface area contributed by atoms with Crippen molar-refractivity contribution < 1.29 is 42.6 Å². The number of β-amino-alcohol motifs (C(OH)–C–C–N with tert-alkyl or cyclic N) is 1. The molecule has 2 aromatic carbocycles. The SMILES string of the molecule is CNC(=O)N1CCc2c(c(N3CCCc4cc(-c5cnn(CCNC(=O)CCCC(=O)N[C@H](C(=O)N6C[C@H](O)C[C@H]6C(=O)NCc6ccc(-c7scnc7C)cc6)C(C)(C)C)c5)c(C(F)F)cc43)nn2C2CCOCC2)C1. The number of thiazole rings is 1. The number of rotatable bonds is 17. The number of halogens is 2. The van der Waals surface area contributed by atoms with E-state index in [1.54, 1.807) is 51.9 Å². The Labute approximate surface area is 451 Å². The average molecular weight is 1080 g/mol. The molecule has 6 amide bonds. The van der Waals surface area contributed by atoms with E-state index in [9.17, 15) is 29.1 Å². The number of alkyl halides is 2. The maximum atomic E-state index is 15.1. The lowest BCUT2D eigenvalue weighted by Crippen LogP contribution is -2.57. The molecule has 4 aliphatic rings. The van der Waals surface area contributed by atoms with Gasteiger partial charge in [0.25, 0.3) is 6.43 Å². The number of aliphatic hydroxyl groups is 1. The summed E-state index contributed by atoms with van der Waals surface area (Å²) in [7, 11) is 1.61. The highest BCUT2D eigenvalue weighted by Crippen LogP contribution is 2.44. The minimum Gasteiger partial charge on any atom is -0.391 e. The summed E-state index contributed by atoms with van der Waals surface area (Å²) >= 11 is 1.56. The fourth-order valence-corrected chi connectivity index (χ4v) is 11.8. The van der Waals surface area contributed by atoms with E-state index in [1.165, 1.54) is 4.90 Å². The van der Waals surface area contributed by atoms with E-state index in [4.69, 9.17) is 9.84 Å². The first-order valence-electron chi connectivity index (χ1n) is 26.7. The standard InChI is InChI=1S/C55H70F2N12O7S/c1-33-48(77-32-61-33)35-13-11-34(12-14-35)27-60-52(73)45-25-39(70)30-68(45)53(74)49(55(2,3)4)63-47(72)10-6-9-46(71)59-18-21-66-29-37(28-62-66)40-24-36-8-7-19-67(44(36)26-41(40)50(56)57)51-42-31-65(54(75)58-5)20-15-43(42)69(64-51)38-16-22-76-23-17-38/h11-14,24,26,28-29,32,38-39,45,49-50,70H,6-10,15-23,25,27,30-31H2,1-5H3,(H,58,75)(H,59,71)(H,60,73)(H,63,72)/t39-,45+,49-/m1/s1. The summed E-state index contributed by atoms with van der Waals surface area (Å²) in [5, 5.41) is 31.6. The van der Waals surface area contributed by atoms with Crippen LogP contribution in [0.15, 0.2) is 54.3 Å². The van der Waals surface area contributed by atoms with Gasteiger partial charge in [0.15, 0.2) is 5.82 Å². The van der Waals surface area contributed by atoms with Gasteiger partial charge in [-0.3, -0.25) is 28.5 Å². The number of carbonyl (C=O) groups excluding carboxylic acids is 5. The molecule has 2 saturated heterocycles. The highest BCUT2D eigenvalue weighted by atomic mass is 32.1. The number of aryl methyl sites for hydroxylation is 2. The molecule has 22 heteroatoms. The van der Waals surface area contributed by atoms with E-state index in [-0.39, 0.29) is 75.4 Å². The largest absolute Gasteiger partial charge is 0.391 e. The molecule has 3 atom stereocenters. The normalized spacial score (nSPS) is 18.2. The second-order valence-electron chi connectivity index (χ2n) is 21.5. The van der Waals surface area contributed by atoms with E-state index < -0.39 is 47.7 Å². The van der Waals surface area contributed by atoms with Gasteiger partial charge < -0.3 is 45.8 Å². The van der Waals surface area contributed by atoms with Gasteiger partial charge in [-0.05, 0) is 78.8 Å². The molecule has 7 heterocycles. The van der Waals surface area contributed by atoms with Gasteiger partial charge >= 0.3 is 6.03 Å². The predicted octanol–water partition coefficient (Wildman–Crippen LogP) is 6.35. The van der Waals surface area contributed by atoms with Gasteiger partial charge in [0, 0.05) is 113 Å². The van der Waals surface area contributed by atoms with Crippen molar-refractivity contribution in [2.24, 2.45) is 5.41 Å². The summed E-state index contributed by atoms with van der Waals surface area (Å²) in [6, 6.07) is 9.26. The second-order valence-corrected chi connectivity index (χ2v) is 22.4. The molecule has 0 spiro atoms. The molecule has 412 valence electrons. The van der Waals surface area contributed by atoms with E-state index in [0.717, 1.165) is 57.8 Å². The number of urea groups is 1. The number of amides is 6. The molecule has 0 saturated carbocycles. The van der Waals surface area contributed by atoms with Gasteiger partial charge in [0.2, 0.25) is 23.6 Å². The van der Waals surface area contributed by atoms with Crippen LogP contribution in [0.25, 0.3) is 21.6 Å². The van der Waals surface area contributed by atoms with Crippen LogP contribution in [-0.2, 0) is 56.4 Å². The summed E-state index contributed by atoms with van der Waals surface area (Å²) in [6.45, 7) is 10.8. The number of fused-ring (bicyclic) bond motifs is 2. The third-order valence-electron chi connectivity index (χ3n) is 15.1. The fourth-order valence-electron chi connectivity index (χ4n) is 11.0. The van der Waals surface area contributed by atoms with Gasteiger partial charge in [-0.25, -0.2) is 18.6 Å². The number of aromatic nitrogens is 5. The molecule has 0 bridgehead atoms. The first-order valence-corrected chi connectivity index (χ1v) is 27.6. The Morgan fingerprint density at radius 1 is 0.974 bits per heavy atom. The minimum atomic E-state index is -2.79. The Morgan fingerprint density at radius 2 is 1.74 bits per heavy atom. The number of anilines is 2. The van der Waals surface area contributed by atoms with Crippen LogP contribution in [0, 0.1) is 12.3 Å². The highest BCUT2D eigenvalue weighted by molar-refractivity contribution is 7.13. The van der Waals surface area contributed by atoms with Crippen LogP contribution in [0.3, 0.4) is 0 Å². The van der Waals surface area contributed by atoms with E-state index in [2.05, 4.69) is 36.0 Å². The molecule has 5 aromatic rings. The molecule has 0 unspecified atom stereocenters. The van der Waals surface area contributed by atoms with Crippen molar-refractivity contribution in [2.45, 2.75) is 136 Å².